The molecule has 0 radical (unpaired) electrons. The van der Waals surface area contributed by atoms with Crippen molar-refractivity contribution in [2.75, 3.05) is 13.1 Å². The maximum Gasteiger partial charge on any atom is 0.222 e. The summed E-state index contributed by atoms with van der Waals surface area (Å²) < 4.78 is 5.75. The third-order valence-electron chi connectivity index (χ3n) is 6.68. The van der Waals surface area contributed by atoms with Crippen molar-refractivity contribution >= 4 is 5.91 Å². The molecule has 1 aromatic heterocycles. The van der Waals surface area contributed by atoms with E-state index in [2.05, 4.69) is 58.7 Å². The second-order valence-electron chi connectivity index (χ2n) is 9.61. The first-order valence-electron chi connectivity index (χ1n) is 10.1. The predicted octanol–water partition coefficient (Wildman–Crippen LogP) is 4.83. The van der Waals surface area contributed by atoms with Gasteiger partial charge >= 0.3 is 0 Å². The van der Waals surface area contributed by atoms with Crippen LogP contribution in [0.2, 0.25) is 0 Å². The molecule has 0 saturated carbocycles. The van der Waals surface area contributed by atoms with Crippen LogP contribution in [0.5, 0.6) is 0 Å². The number of amides is 1. The zero-order valence-corrected chi connectivity index (χ0v) is 17.8. The molecule has 1 aliphatic rings. The number of piperidine rings is 1. The molecule has 1 saturated heterocycles. The number of carbonyl (C=O) groups excluding carboxylic acids is 1. The summed E-state index contributed by atoms with van der Waals surface area (Å²) in [6.45, 7) is 17.4. The van der Waals surface area contributed by atoms with E-state index in [1.54, 1.807) is 0 Å². The molecule has 2 heterocycles. The monoisotopic (exact) mass is 363 g/mol. The second-order valence-corrected chi connectivity index (χ2v) is 9.61. The Balaban J connectivity index is 1.76. The molecule has 2 rings (SSSR count). The highest BCUT2D eigenvalue weighted by atomic mass is 16.4. The number of hydrogen-bond donors (Lipinski definition) is 0. The van der Waals surface area contributed by atoms with Gasteiger partial charge in [0.05, 0.1) is 0 Å². The Morgan fingerprint density at radius 1 is 1.19 bits per heavy atom. The fourth-order valence-electron chi connectivity index (χ4n) is 3.39. The normalized spacial score (nSPS) is 19.0. The van der Waals surface area contributed by atoms with E-state index in [0.717, 1.165) is 32.4 Å². The molecule has 0 aromatic carbocycles. The molecular formula is C21H37N3O2. The molecule has 1 aromatic rings. The first-order chi connectivity index (χ1) is 12.0. The summed E-state index contributed by atoms with van der Waals surface area (Å²) in [5, 5.41) is 8.29. The minimum absolute atomic E-state index is 0.260. The molecular weight excluding hydrogens is 326 g/mol. The van der Waals surface area contributed by atoms with Gasteiger partial charge in [-0.05, 0) is 36.0 Å². The summed E-state index contributed by atoms with van der Waals surface area (Å²) in [5.74, 6) is 2.36. The molecule has 1 amide bonds. The maximum absolute atomic E-state index is 12.5. The zero-order valence-electron chi connectivity index (χ0n) is 17.8. The Bertz CT molecular complexity index is 593. The Labute approximate surface area is 158 Å². The molecule has 0 spiro atoms. The van der Waals surface area contributed by atoms with Crippen molar-refractivity contribution in [3.8, 4) is 0 Å². The van der Waals surface area contributed by atoms with E-state index in [1.165, 1.54) is 0 Å². The van der Waals surface area contributed by atoms with Crippen LogP contribution in [0, 0.1) is 16.7 Å². The van der Waals surface area contributed by atoms with E-state index in [4.69, 9.17) is 4.42 Å². The molecule has 26 heavy (non-hydrogen) atoms. The number of nitrogens with zero attached hydrogens (tertiary/aromatic N) is 3. The van der Waals surface area contributed by atoms with Crippen molar-refractivity contribution in [3.63, 3.8) is 0 Å². The van der Waals surface area contributed by atoms with Crippen LogP contribution in [0.15, 0.2) is 4.42 Å². The SMILES string of the molecule is CC(C)C(C)c1nnc(CCCC(=O)N2CCC(C)(C(C)(C)C)CC2)o1. The Morgan fingerprint density at radius 3 is 2.35 bits per heavy atom. The molecule has 1 unspecified atom stereocenters. The average molecular weight is 364 g/mol. The predicted molar refractivity (Wildman–Crippen MR) is 104 cm³/mol. The lowest BCUT2D eigenvalue weighted by molar-refractivity contribution is -0.134. The highest BCUT2D eigenvalue weighted by Crippen LogP contribution is 2.46. The van der Waals surface area contributed by atoms with Gasteiger partial charge in [0.25, 0.3) is 0 Å². The molecule has 1 fully saturated rings. The van der Waals surface area contributed by atoms with Crippen molar-refractivity contribution in [2.45, 2.75) is 86.5 Å². The molecule has 0 aliphatic carbocycles. The van der Waals surface area contributed by atoms with Gasteiger partial charge in [0.2, 0.25) is 17.7 Å². The van der Waals surface area contributed by atoms with Crippen molar-refractivity contribution in [1.29, 1.82) is 0 Å². The minimum atomic E-state index is 0.260. The molecule has 1 aliphatic heterocycles. The highest BCUT2D eigenvalue weighted by molar-refractivity contribution is 5.76. The van der Waals surface area contributed by atoms with Crippen LogP contribution in [0.25, 0.3) is 0 Å². The van der Waals surface area contributed by atoms with Gasteiger partial charge in [-0.2, -0.15) is 0 Å². The summed E-state index contributed by atoms with van der Waals surface area (Å²) in [5.41, 5.74) is 0.599. The summed E-state index contributed by atoms with van der Waals surface area (Å²) in [6, 6.07) is 0. The lowest BCUT2D eigenvalue weighted by atomic mass is 9.63. The molecule has 5 nitrogen and oxygen atoms in total. The third kappa shape index (κ3) is 4.86. The first-order valence-corrected chi connectivity index (χ1v) is 10.1. The number of likely N-dealkylation sites (tertiary alicyclic amines) is 1. The van der Waals surface area contributed by atoms with Crippen molar-refractivity contribution in [2.24, 2.45) is 16.7 Å². The van der Waals surface area contributed by atoms with Gasteiger partial charge in [0.15, 0.2) is 0 Å². The van der Waals surface area contributed by atoms with Gasteiger partial charge in [-0.25, -0.2) is 0 Å². The molecule has 0 bridgehead atoms. The number of hydrogen-bond acceptors (Lipinski definition) is 4. The lowest BCUT2D eigenvalue weighted by Crippen LogP contribution is -2.46. The van der Waals surface area contributed by atoms with Crippen molar-refractivity contribution in [1.82, 2.24) is 15.1 Å². The van der Waals surface area contributed by atoms with Gasteiger partial charge in [-0.15, -0.1) is 10.2 Å². The highest BCUT2D eigenvalue weighted by Gasteiger charge is 2.40. The number of rotatable bonds is 6. The minimum Gasteiger partial charge on any atom is -0.425 e. The number of aromatic nitrogens is 2. The number of aryl methyl sites for hydroxylation is 1. The van der Waals surface area contributed by atoms with E-state index in [0.29, 0.717) is 36.0 Å². The zero-order chi connectivity index (χ0) is 19.5. The topological polar surface area (TPSA) is 59.2 Å². The summed E-state index contributed by atoms with van der Waals surface area (Å²) >= 11 is 0. The Hall–Kier alpha value is -1.39. The summed E-state index contributed by atoms with van der Waals surface area (Å²) in [4.78, 5) is 14.5. The van der Waals surface area contributed by atoms with E-state index in [9.17, 15) is 4.79 Å². The Kier molecular flexibility index (Phi) is 6.51. The summed E-state index contributed by atoms with van der Waals surface area (Å²) in [6.07, 6.45) is 4.18. The van der Waals surface area contributed by atoms with E-state index in [-0.39, 0.29) is 17.2 Å². The lowest BCUT2D eigenvalue weighted by Gasteiger charge is -2.47. The van der Waals surface area contributed by atoms with E-state index >= 15 is 0 Å². The standard InChI is InChI=1S/C21H37N3O2/c1-15(2)16(3)19-23-22-17(26-19)9-8-10-18(25)24-13-11-21(7,12-14-24)20(4,5)6/h15-16H,8-14H2,1-7H3. The fourth-order valence-corrected chi connectivity index (χ4v) is 3.39. The van der Waals surface area contributed by atoms with Crippen LogP contribution in [-0.4, -0.2) is 34.1 Å². The molecule has 148 valence electrons. The largest absolute Gasteiger partial charge is 0.425 e. The maximum atomic E-state index is 12.5. The molecule has 5 heteroatoms. The van der Waals surface area contributed by atoms with Crippen LogP contribution < -0.4 is 0 Å². The molecule has 0 N–H and O–H groups in total. The molecule has 1 atom stereocenters. The van der Waals surface area contributed by atoms with Crippen LogP contribution in [-0.2, 0) is 11.2 Å². The fraction of sp³-hybridized carbons (Fsp3) is 0.857. The average Bonchev–Trinajstić information content (AvgIpc) is 3.02. The van der Waals surface area contributed by atoms with Crippen LogP contribution in [0.4, 0.5) is 0 Å². The second kappa shape index (κ2) is 8.10. The summed E-state index contributed by atoms with van der Waals surface area (Å²) in [7, 11) is 0. The third-order valence-corrected chi connectivity index (χ3v) is 6.68. The van der Waals surface area contributed by atoms with Crippen LogP contribution >= 0.6 is 0 Å². The van der Waals surface area contributed by atoms with Crippen molar-refractivity contribution in [3.05, 3.63) is 11.8 Å². The smallest absolute Gasteiger partial charge is 0.222 e. The quantitative estimate of drug-likeness (QED) is 0.726. The number of carbonyl (C=O) groups is 1. The first kappa shape index (κ1) is 20.9. The van der Waals surface area contributed by atoms with Gasteiger partial charge in [-0.1, -0.05) is 48.5 Å². The van der Waals surface area contributed by atoms with E-state index in [1.807, 2.05) is 4.90 Å². The Morgan fingerprint density at radius 2 is 1.81 bits per heavy atom. The van der Waals surface area contributed by atoms with E-state index < -0.39 is 0 Å². The van der Waals surface area contributed by atoms with Gasteiger partial charge in [0.1, 0.15) is 0 Å². The van der Waals surface area contributed by atoms with Crippen molar-refractivity contribution < 1.29 is 9.21 Å². The van der Waals surface area contributed by atoms with Gasteiger partial charge in [0, 0.05) is 31.8 Å². The van der Waals surface area contributed by atoms with Gasteiger partial charge in [-0.3, -0.25) is 4.79 Å². The van der Waals surface area contributed by atoms with Crippen LogP contribution in [0.3, 0.4) is 0 Å². The van der Waals surface area contributed by atoms with Gasteiger partial charge < -0.3 is 9.32 Å². The van der Waals surface area contributed by atoms with Crippen LogP contribution in [0.1, 0.15) is 91.8 Å².